The van der Waals surface area contributed by atoms with Crippen LogP contribution in [0.25, 0.3) is 0 Å². The monoisotopic (exact) mass is 283 g/mol. The van der Waals surface area contributed by atoms with Crippen molar-refractivity contribution in [2.45, 2.75) is 32.8 Å². The molecule has 0 atom stereocenters. The number of carbonyl (C=O) groups is 3. The van der Waals surface area contributed by atoms with Gasteiger partial charge < -0.3 is 19.9 Å². The molecular weight excluding hydrogens is 266 g/mol. The minimum Gasteiger partial charge on any atom is -0.478 e. The molecule has 0 spiro atoms. The van der Waals surface area contributed by atoms with Crippen LogP contribution < -0.4 is 5.32 Å². The van der Waals surface area contributed by atoms with Crippen molar-refractivity contribution in [3.05, 3.63) is 23.5 Å². The zero-order chi connectivity index (χ0) is 15.3. The molecule has 0 fully saturated rings. The van der Waals surface area contributed by atoms with Crippen LogP contribution in [0.4, 0.5) is 0 Å². The average Bonchev–Trinajstić information content (AvgIpc) is 2.38. The molecule has 0 unspecified atom stereocenters. The number of dihydropyridines is 1. The average molecular weight is 283 g/mol. The van der Waals surface area contributed by atoms with Gasteiger partial charge >= 0.3 is 17.9 Å². The molecule has 0 amide bonds. The van der Waals surface area contributed by atoms with E-state index in [2.05, 4.69) is 5.32 Å². The Labute approximate surface area is 116 Å². The first kappa shape index (κ1) is 15.7. The van der Waals surface area contributed by atoms with Crippen LogP contribution in [-0.4, -0.2) is 35.2 Å². The Morgan fingerprint density at radius 3 is 2.30 bits per heavy atom. The van der Waals surface area contributed by atoms with Crippen LogP contribution in [0.3, 0.4) is 0 Å². The van der Waals surface area contributed by atoms with Gasteiger partial charge in [-0.05, 0) is 20.8 Å². The molecule has 0 aromatic carbocycles. The predicted octanol–water partition coefficient (Wildman–Crippen LogP) is 0.717. The maximum atomic E-state index is 11.9. The van der Waals surface area contributed by atoms with Gasteiger partial charge in [0.15, 0.2) is 0 Å². The molecule has 7 heteroatoms. The molecule has 0 bridgehead atoms. The zero-order valence-corrected chi connectivity index (χ0v) is 11.6. The van der Waals surface area contributed by atoms with Gasteiger partial charge in [0.25, 0.3) is 0 Å². The topological polar surface area (TPSA) is 102 Å². The summed E-state index contributed by atoms with van der Waals surface area (Å²) < 4.78 is 9.73. The molecule has 1 heterocycles. The molecule has 0 saturated heterocycles. The second kappa shape index (κ2) is 6.23. The molecule has 0 radical (unpaired) electrons. The Hall–Kier alpha value is -2.31. The summed E-state index contributed by atoms with van der Waals surface area (Å²) in [5, 5.41) is 11.5. The lowest BCUT2D eigenvalue weighted by molar-refractivity contribution is -0.171. The Balaban J connectivity index is 2.70. The first-order chi connectivity index (χ1) is 9.27. The van der Waals surface area contributed by atoms with E-state index in [4.69, 9.17) is 14.6 Å². The molecule has 20 heavy (non-hydrogen) atoms. The van der Waals surface area contributed by atoms with Crippen LogP contribution in [-0.2, 0) is 23.9 Å². The van der Waals surface area contributed by atoms with Crippen molar-refractivity contribution < 1.29 is 29.0 Å². The maximum absolute atomic E-state index is 11.9. The summed E-state index contributed by atoms with van der Waals surface area (Å²) in [5.41, 5.74) is -1.21. The number of rotatable bonds is 5. The number of carboxylic acid groups (broad SMARTS) is 1. The molecule has 0 aliphatic carbocycles. The van der Waals surface area contributed by atoms with Crippen LogP contribution in [0.15, 0.2) is 23.5 Å². The van der Waals surface area contributed by atoms with Gasteiger partial charge in [0.1, 0.15) is 0 Å². The normalized spacial score (nSPS) is 14.6. The smallest absolute Gasteiger partial charge is 0.347 e. The summed E-state index contributed by atoms with van der Waals surface area (Å²) in [6.45, 7) is 4.44. The van der Waals surface area contributed by atoms with Crippen LogP contribution in [0.1, 0.15) is 27.2 Å². The fourth-order valence-electron chi connectivity index (χ4n) is 1.38. The van der Waals surface area contributed by atoms with Gasteiger partial charge in [-0.25, -0.2) is 14.4 Å². The first-order valence-electron chi connectivity index (χ1n) is 6.06. The van der Waals surface area contributed by atoms with Gasteiger partial charge in [0.2, 0.25) is 5.60 Å². The minimum absolute atomic E-state index is 0.0281. The SMILES string of the molecule is CCOC(=O)C1=CNC=C(C(=O)OC(C)(C)C(=O)O)C1. The first-order valence-corrected chi connectivity index (χ1v) is 6.06. The van der Waals surface area contributed by atoms with E-state index in [0.717, 1.165) is 0 Å². The van der Waals surface area contributed by atoms with Crippen molar-refractivity contribution in [1.82, 2.24) is 5.32 Å². The third kappa shape index (κ3) is 3.84. The maximum Gasteiger partial charge on any atom is 0.347 e. The second-order valence-corrected chi connectivity index (χ2v) is 4.61. The van der Waals surface area contributed by atoms with Gasteiger partial charge in [-0.15, -0.1) is 0 Å². The summed E-state index contributed by atoms with van der Waals surface area (Å²) in [7, 11) is 0. The highest BCUT2D eigenvalue weighted by Gasteiger charge is 2.33. The quantitative estimate of drug-likeness (QED) is 0.716. The summed E-state index contributed by atoms with van der Waals surface area (Å²) in [5.74, 6) is -2.58. The van der Waals surface area contributed by atoms with E-state index in [-0.39, 0.29) is 24.2 Å². The Kier molecular flexibility index (Phi) is 4.90. The Morgan fingerprint density at radius 1 is 1.25 bits per heavy atom. The summed E-state index contributed by atoms with van der Waals surface area (Å²) in [4.78, 5) is 34.3. The zero-order valence-electron chi connectivity index (χ0n) is 11.6. The van der Waals surface area contributed by atoms with E-state index < -0.39 is 23.5 Å². The highest BCUT2D eigenvalue weighted by atomic mass is 16.6. The Morgan fingerprint density at radius 2 is 1.80 bits per heavy atom. The van der Waals surface area contributed by atoms with E-state index in [1.165, 1.54) is 26.2 Å². The highest BCUT2D eigenvalue weighted by molar-refractivity contribution is 5.96. The number of esters is 2. The summed E-state index contributed by atoms with van der Waals surface area (Å²) in [6.07, 6.45) is 2.82. The molecule has 1 aliphatic heterocycles. The number of carbonyl (C=O) groups excluding carboxylic acids is 2. The molecule has 0 saturated carbocycles. The number of hydrogen-bond acceptors (Lipinski definition) is 6. The largest absolute Gasteiger partial charge is 0.478 e. The fraction of sp³-hybridized carbons (Fsp3) is 0.462. The number of carboxylic acids is 1. The number of aliphatic carboxylic acids is 1. The van der Waals surface area contributed by atoms with E-state index in [1.54, 1.807) is 6.92 Å². The van der Waals surface area contributed by atoms with Crippen LogP contribution in [0.5, 0.6) is 0 Å². The van der Waals surface area contributed by atoms with Gasteiger partial charge in [-0.1, -0.05) is 0 Å². The van der Waals surface area contributed by atoms with Crippen LogP contribution in [0.2, 0.25) is 0 Å². The van der Waals surface area contributed by atoms with E-state index in [9.17, 15) is 14.4 Å². The van der Waals surface area contributed by atoms with Gasteiger partial charge in [-0.2, -0.15) is 0 Å². The van der Waals surface area contributed by atoms with Crippen LogP contribution >= 0.6 is 0 Å². The Bertz CT molecular complexity index is 489. The second-order valence-electron chi connectivity index (χ2n) is 4.61. The minimum atomic E-state index is -1.64. The molecular formula is C13H17NO6. The third-order valence-corrected chi connectivity index (χ3v) is 2.56. The highest BCUT2D eigenvalue weighted by Crippen LogP contribution is 2.20. The number of nitrogens with one attached hydrogen (secondary N) is 1. The van der Waals surface area contributed by atoms with Crippen molar-refractivity contribution in [3.63, 3.8) is 0 Å². The lowest BCUT2D eigenvalue weighted by Gasteiger charge is -2.22. The molecule has 110 valence electrons. The number of hydrogen-bond donors (Lipinski definition) is 2. The van der Waals surface area contributed by atoms with E-state index in [0.29, 0.717) is 0 Å². The van der Waals surface area contributed by atoms with E-state index in [1.807, 2.05) is 0 Å². The number of ether oxygens (including phenoxy) is 2. The van der Waals surface area contributed by atoms with Crippen LogP contribution in [0, 0.1) is 0 Å². The van der Waals surface area contributed by atoms with Crippen molar-refractivity contribution in [1.29, 1.82) is 0 Å². The van der Waals surface area contributed by atoms with Gasteiger partial charge in [-0.3, -0.25) is 0 Å². The van der Waals surface area contributed by atoms with Crippen molar-refractivity contribution >= 4 is 17.9 Å². The standard InChI is InChI=1S/C13H17NO6/c1-4-19-10(15)8-5-9(7-14-6-8)11(16)20-13(2,3)12(17)18/h6-7,14H,4-5H2,1-3H3,(H,17,18). The molecule has 1 rings (SSSR count). The lowest BCUT2D eigenvalue weighted by atomic mass is 10.0. The molecule has 2 N–H and O–H groups in total. The third-order valence-electron chi connectivity index (χ3n) is 2.56. The molecule has 7 nitrogen and oxygen atoms in total. The summed E-state index contributed by atoms with van der Waals surface area (Å²) >= 11 is 0. The van der Waals surface area contributed by atoms with E-state index >= 15 is 0 Å². The van der Waals surface area contributed by atoms with Crippen molar-refractivity contribution in [2.75, 3.05) is 6.61 Å². The van der Waals surface area contributed by atoms with Gasteiger partial charge in [0, 0.05) is 18.8 Å². The molecule has 0 aromatic rings. The molecule has 1 aliphatic rings. The molecule has 0 aromatic heterocycles. The fourth-order valence-corrected chi connectivity index (χ4v) is 1.38. The van der Waals surface area contributed by atoms with Crippen molar-refractivity contribution in [3.8, 4) is 0 Å². The summed E-state index contributed by atoms with van der Waals surface area (Å²) in [6, 6.07) is 0. The van der Waals surface area contributed by atoms with Crippen molar-refractivity contribution in [2.24, 2.45) is 0 Å². The van der Waals surface area contributed by atoms with Gasteiger partial charge in [0.05, 0.1) is 17.8 Å². The predicted molar refractivity (Wildman–Crippen MR) is 68.4 cm³/mol. The lowest BCUT2D eigenvalue weighted by Crippen LogP contribution is -2.38.